The van der Waals surface area contributed by atoms with Crippen molar-refractivity contribution in [3.8, 4) is 23.0 Å². The van der Waals surface area contributed by atoms with Crippen molar-refractivity contribution >= 4 is 11.6 Å². The first-order chi connectivity index (χ1) is 15.7. The van der Waals surface area contributed by atoms with Gasteiger partial charge >= 0.3 is 0 Å². The molecular formula is C26H28N2O4. The van der Waals surface area contributed by atoms with Gasteiger partial charge in [-0.15, -0.1) is 0 Å². The number of amides is 1. The summed E-state index contributed by atoms with van der Waals surface area (Å²) in [5.74, 6) is 2.89. The summed E-state index contributed by atoms with van der Waals surface area (Å²) in [5, 5.41) is 3.09. The van der Waals surface area contributed by atoms with Crippen LogP contribution in [0.15, 0.2) is 78.9 Å². The molecule has 0 bridgehead atoms. The van der Waals surface area contributed by atoms with Crippen molar-refractivity contribution in [2.24, 2.45) is 0 Å². The highest BCUT2D eigenvalue weighted by Crippen LogP contribution is 2.24. The van der Waals surface area contributed by atoms with Gasteiger partial charge in [0.2, 0.25) is 0 Å². The second-order valence-electron chi connectivity index (χ2n) is 7.70. The second-order valence-corrected chi connectivity index (χ2v) is 7.70. The Morgan fingerprint density at radius 2 is 1.44 bits per heavy atom. The van der Waals surface area contributed by atoms with Crippen molar-refractivity contribution in [1.82, 2.24) is 5.32 Å². The van der Waals surface area contributed by atoms with Crippen LogP contribution in [-0.2, 0) is 4.79 Å². The zero-order chi connectivity index (χ0) is 22.2. The predicted octanol–water partition coefficient (Wildman–Crippen LogP) is 4.65. The Morgan fingerprint density at radius 3 is 2.09 bits per heavy atom. The van der Waals surface area contributed by atoms with Gasteiger partial charge in [-0.05, 0) is 73.5 Å². The van der Waals surface area contributed by atoms with Crippen molar-refractivity contribution in [2.45, 2.75) is 18.9 Å². The molecule has 1 amide bonds. The highest BCUT2D eigenvalue weighted by Gasteiger charge is 2.21. The molecule has 1 saturated heterocycles. The fourth-order valence-corrected chi connectivity index (χ4v) is 3.72. The highest BCUT2D eigenvalue weighted by atomic mass is 16.5. The number of benzene rings is 3. The Kier molecular flexibility index (Phi) is 7.12. The standard InChI is InChI=1S/C26H28N2O4/c1-30-22-9-7-21(8-10-22)28-17-15-20(16-18-28)27-26(29)19-31-23-11-13-25(14-12-23)32-24-5-3-2-4-6-24/h2-14,20H,15-19H2,1H3,(H,27,29). The molecule has 32 heavy (non-hydrogen) atoms. The highest BCUT2D eigenvalue weighted by molar-refractivity contribution is 5.77. The van der Waals surface area contributed by atoms with Crippen LogP contribution in [0.25, 0.3) is 0 Å². The number of rotatable bonds is 8. The molecule has 0 radical (unpaired) electrons. The van der Waals surface area contributed by atoms with E-state index in [9.17, 15) is 4.79 Å². The maximum Gasteiger partial charge on any atom is 0.258 e. The van der Waals surface area contributed by atoms with Crippen LogP contribution in [0.5, 0.6) is 23.0 Å². The van der Waals surface area contributed by atoms with Crippen LogP contribution in [0.2, 0.25) is 0 Å². The normalized spacial score (nSPS) is 14.0. The van der Waals surface area contributed by atoms with Crippen molar-refractivity contribution in [1.29, 1.82) is 0 Å². The van der Waals surface area contributed by atoms with E-state index in [0.717, 1.165) is 43.2 Å². The van der Waals surface area contributed by atoms with Gasteiger partial charge in [0.1, 0.15) is 23.0 Å². The zero-order valence-electron chi connectivity index (χ0n) is 18.2. The molecule has 3 aromatic rings. The molecule has 1 N–H and O–H groups in total. The molecule has 3 aromatic carbocycles. The third-order valence-electron chi connectivity index (χ3n) is 5.47. The number of methoxy groups -OCH3 is 1. The van der Waals surface area contributed by atoms with Crippen LogP contribution < -0.4 is 24.4 Å². The fourth-order valence-electron chi connectivity index (χ4n) is 3.72. The van der Waals surface area contributed by atoms with Crippen LogP contribution in [0.4, 0.5) is 5.69 Å². The third kappa shape index (κ3) is 5.94. The van der Waals surface area contributed by atoms with Gasteiger partial charge in [0, 0.05) is 24.8 Å². The summed E-state index contributed by atoms with van der Waals surface area (Å²) in [6, 6.07) is 25.1. The van der Waals surface area contributed by atoms with Gasteiger partial charge in [0.25, 0.3) is 5.91 Å². The second kappa shape index (κ2) is 10.6. The molecule has 0 spiro atoms. The van der Waals surface area contributed by atoms with E-state index in [1.165, 1.54) is 5.69 Å². The van der Waals surface area contributed by atoms with Gasteiger partial charge in [-0.2, -0.15) is 0 Å². The van der Waals surface area contributed by atoms with Crippen molar-refractivity contribution in [3.63, 3.8) is 0 Å². The van der Waals surface area contributed by atoms with E-state index in [4.69, 9.17) is 14.2 Å². The minimum absolute atomic E-state index is 0.00240. The summed E-state index contributed by atoms with van der Waals surface area (Å²) in [7, 11) is 1.67. The largest absolute Gasteiger partial charge is 0.497 e. The van der Waals surface area contributed by atoms with Crippen LogP contribution in [-0.4, -0.2) is 38.8 Å². The minimum Gasteiger partial charge on any atom is -0.497 e. The molecule has 0 unspecified atom stereocenters. The molecule has 1 aliphatic heterocycles. The lowest BCUT2D eigenvalue weighted by molar-refractivity contribution is -0.123. The number of carbonyl (C=O) groups excluding carboxylic acids is 1. The number of anilines is 1. The number of hydrogen-bond acceptors (Lipinski definition) is 5. The molecule has 1 heterocycles. The average molecular weight is 433 g/mol. The van der Waals surface area contributed by atoms with Gasteiger partial charge in [0.15, 0.2) is 6.61 Å². The molecular weight excluding hydrogens is 404 g/mol. The van der Waals surface area contributed by atoms with Crippen molar-refractivity contribution in [2.75, 3.05) is 31.7 Å². The summed E-state index contributed by atoms with van der Waals surface area (Å²) in [6.45, 7) is 1.81. The lowest BCUT2D eigenvalue weighted by Crippen LogP contribution is -2.46. The lowest BCUT2D eigenvalue weighted by Gasteiger charge is -2.34. The summed E-state index contributed by atoms with van der Waals surface area (Å²) < 4.78 is 16.6. The number of nitrogens with zero attached hydrogens (tertiary/aromatic N) is 1. The maximum atomic E-state index is 12.3. The first-order valence-electron chi connectivity index (χ1n) is 10.8. The van der Waals surface area contributed by atoms with Gasteiger partial charge in [-0.1, -0.05) is 18.2 Å². The van der Waals surface area contributed by atoms with Crippen molar-refractivity contribution < 1.29 is 19.0 Å². The van der Waals surface area contributed by atoms with Crippen molar-refractivity contribution in [3.05, 3.63) is 78.9 Å². The predicted molar refractivity (Wildman–Crippen MR) is 125 cm³/mol. The van der Waals surface area contributed by atoms with Gasteiger partial charge in [-0.3, -0.25) is 4.79 Å². The molecule has 6 heteroatoms. The van der Waals surface area contributed by atoms with Crippen LogP contribution in [0.1, 0.15) is 12.8 Å². The first kappa shape index (κ1) is 21.6. The van der Waals surface area contributed by atoms with Gasteiger partial charge in [-0.25, -0.2) is 0 Å². The number of nitrogens with one attached hydrogen (secondary N) is 1. The quantitative estimate of drug-likeness (QED) is 0.561. The number of piperidine rings is 1. The Bertz CT molecular complexity index is 983. The van der Waals surface area contributed by atoms with Gasteiger partial charge < -0.3 is 24.4 Å². The SMILES string of the molecule is COc1ccc(N2CCC(NC(=O)COc3ccc(Oc4ccccc4)cc3)CC2)cc1. The molecule has 0 aromatic heterocycles. The van der Waals surface area contributed by atoms with Crippen LogP contribution >= 0.6 is 0 Å². The Labute approximate surface area is 188 Å². The van der Waals surface area contributed by atoms with E-state index in [-0.39, 0.29) is 18.6 Å². The molecule has 166 valence electrons. The van der Waals surface area contributed by atoms with E-state index >= 15 is 0 Å². The molecule has 1 aliphatic rings. The zero-order valence-corrected chi connectivity index (χ0v) is 18.2. The maximum absolute atomic E-state index is 12.3. The monoisotopic (exact) mass is 432 g/mol. The number of carbonyl (C=O) groups is 1. The molecule has 1 fully saturated rings. The number of hydrogen-bond donors (Lipinski definition) is 1. The molecule has 0 atom stereocenters. The molecule has 6 nitrogen and oxygen atoms in total. The third-order valence-corrected chi connectivity index (χ3v) is 5.47. The minimum atomic E-state index is -0.0995. The summed E-state index contributed by atoms with van der Waals surface area (Å²) in [4.78, 5) is 14.7. The Balaban J connectivity index is 1.18. The number of para-hydroxylation sites is 1. The van der Waals surface area contributed by atoms with E-state index in [1.54, 1.807) is 19.2 Å². The van der Waals surface area contributed by atoms with E-state index in [1.807, 2.05) is 54.6 Å². The summed E-state index contributed by atoms with van der Waals surface area (Å²) >= 11 is 0. The Morgan fingerprint density at radius 1 is 0.844 bits per heavy atom. The lowest BCUT2D eigenvalue weighted by atomic mass is 10.0. The fraction of sp³-hybridized carbons (Fsp3) is 0.269. The van der Waals surface area contributed by atoms with Crippen LogP contribution in [0, 0.1) is 0 Å². The Hall–Kier alpha value is -3.67. The summed E-state index contributed by atoms with van der Waals surface area (Å²) in [6.07, 6.45) is 1.81. The number of ether oxygens (including phenoxy) is 3. The van der Waals surface area contributed by atoms with E-state index in [0.29, 0.717) is 5.75 Å². The summed E-state index contributed by atoms with van der Waals surface area (Å²) in [5.41, 5.74) is 1.18. The van der Waals surface area contributed by atoms with Crippen LogP contribution in [0.3, 0.4) is 0 Å². The van der Waals surface area contributed by atoms with Gasteiger partial charge in [0.05, 0.1) is 7.11 Å². The van der Waals surface area contributed by atoms with E-state index < -0.39 is 0 Å². The topological polar surface area (TPSA) is 60.0 Å². The van der Waals surface area contributed by atoms with E-state index in [2.05, 4.69) is 22.3 Å². The molecule has 4 rings (SSSR count). The molecule has 0 aliphatic carbocycles. The smallest absolute Gasteiger partial charge is 0.258 e. The first-order valence-corrected chi connectivity index (χ1v) is 10.8. The average Bonchev–Trinajstić information content (AvgIpc) is 2.85. The molecule has 0 saturated carbocycles.